The van der Waals surface area contributed by atoms with Crippen LogP contribution in [0.15, 0.2) is 23.0 Å². The third-order valence-electron chi connectivity index (χ3n) is 5.53. The van der Waals surface area contributed by atoms with E-state index in [0.29, 0.717) is 36.0 Å². The van der Waals surface area contributed by atoms with Crippen LogP contribution < -0.4 is 16.4 Å². The van der Waals surface area contributed by atoms with Crippen LogP contribution in [0.1, 0.15) is 70.0 Å². The molecular weight excluding hydrogens is 384 g/mol. The van der Waals surface area contributed by atoms with Gasteiger partial charge in [0.1, 0.15) is 5.82 Å². The van der Waals surface area contributed by atoms with Crippen molar-refractivity contribution in [1.82, 2.24) is 15.0 Å². The Balaban J connectivity index is 1.58. The number of hydrogen-bond acceptors (Lipinski definition) is 5. The van der Waals surface area contributed by atoms with Gasteiger partial charge in [-0.05, 0) is 43.9 Å². The maximum absolute atomic E-state index is 13.0. The van der Waals surface area contributed by atoms with Crippen molar-refractivity contribution in [1.29, 1.82) is 0 Å². The molecule has 0 radical (unpaired) electrons. The van der Waals surface area contributed by atoms with Gasteiger partial charge in [-0.25, -0.2) is 10.5 Å². The van der Waals surface area contributed by atoms with Gasteiger partial charge < -0.3 is 5.32 Å². The predicted molar refractivity (Wildman–Crippen MR) is 114 cm³/mol. The number of aryl methyl sites for hydroxylation is 1. The summed E-state index contributed by atoms with van der Waals surface area (Å²) < 4.78 is 1.80. The molecule has 0 spiro atoms. The smallest absolute Gasteiger partial charge is 0.261 e. The summed E-state index contributed by atoms with van der Waals surface area (Å²) in [6.45, 7) is 0.702. The van der Waals surface area contributed by atoms with Gasteiger partial charge in [0.05, 0.1) is 10.9 Å². The molecule has 1 aliphatic rings. The number of benzene rings is 1. The third kappa shape index (κ3) is 5.89. The average Bonchev–Trinajstić information content (AvgIpc) is 2.72. The highest BCUT2D eigenvalue weighted by Crippen LogP contribution is 2.19. The van der Waals surface area contributed by atoms with Crippen molar-refractivity contribution in [2.24, 2.45) is 0 Å². The van der Waals surface area contributed by atoms with Gasteiger partial charge in [-0.3, -0.25) is 24.2 Å². The molecule has 1 aromatic heterocycles. The molecule has 1 aliphatic heterocycles. The van der Waals surface area contributed by atoms with Crippen LogP contribution in [-0.4, -0.2) is 26.6 Å². The molecule has 0 bridgehead atoms. The molecule has 30 heavy (non-hydrogen) atoms. The van der Waals surface area contributed by atoms with Crippen molar-refractivity contribution in [2.75, 3.05) is 5.32 Å². The van der Waals surface area contributed by atoms with Crippen LogP contribution in [0.25, 0.3) is 10.9 Å². The summed E-state index contributed by atoms with van der Waals surface area (Å²) in [7, 11) is 0. The van der Waals surface area contributed by atoms with Gasteiger partial charge in [-0.1, -0.05) is 25.7 Å². The molecule has 0 fully saturated rings. The summed E-state index contributed by atoms with van der Waals surface area (Å²) in [4.78, 5) is 40.8. The maximum Gasteiger partial charge on any atom is 0.261 e. The number of anilines is 1. The summed E-state index contributed by atoms with van der Waals surface area (Å²) in [5.41, 5.74) is 2.87. The summed E-state index contributed by atoms with van der Waals surface area (Å²) in [6, 6.07) is 5.32. The molecule has 8 heteroatoms. The van der Waals surface area contributed by atoms with E-state index >= 15 is 0 Å². The highest BCUT2D eigenvalue weighted by molar-refractivity contribution is 5.93. The lowest BCUT2D eigenvalue weighted by molar-refractivity contribution is -0.129. The molecule has 3 N–H and O–H groups in total. The van der Waals surface area contributed by atoms with Crippen molar-refractivity contribution in [3.63, 3.8) is 0 Å². The van der Waals surface area contributed by atoms with Crippen LogP contribution in [0.3, 0.4) is 0 Å². The number of unbranched alkanes of at least 4 members (excludes halogenated alkanes) is 3. The quantitative estimate of drug-likeness (QED) is 0.348. The SMILES string of the molecule is O=C(CCCCCCC(=O)Nc1ccc2nc3n(c(=O)c2c1)CCCCCC3)NO. The number of amides is 2. The second-order valence-electron chi connectivity index (χ2n) is 7.88. The fourth-order valence-corrected chi connectivity index (χ4v) is 3.88. The molecule has 2 amide bonds. The molecule has 0 saturated heterocycles. The zero-order chi connectivity index (χ0) is 21.3. The van der Waals surface area contributed by atoms with Crippen LogP contribution in [-0.2, 0) is 22.6 Å². The van der Waals surface area contributed by atoms with Gasteiger partial charge in [0.2, 0.25) is 11.8 Å². The number of nitrogens with zero attached hydrogens (tertiary/aromatic N) is 2. The minimum Gasteiger partial charge on any atom is -0.326 e. The fraction of sp³-hybridized carbons (Fsp3) is 0.545. The van der Waals surface area contributed by atoms with E-state index in [0.717, 1.165) is 50.8 Å². The zero-order valence-electron chi connectivity index (χ0n) is 17.3. The molecular formula is C22H30N4O4. The first-order valence-corrected chi connectivity index (χ1v) is 10.8. The highest BCUT2D eigenvalue weighted by atomic mass is 16.5. The summed E-state index contributed by atoms with van der Waals surface area (Å²) in [5.74, 6) is 0.379. The first-order valence-electron chi connectivity index (χ1n) is 10.8. The van der Waals surface area contributed by atoms with Crippen molar-refractivity contribution in [3.05, 3.63) is 34.4 Å². The minimum absolute atomic E-state index is 0.0279. The van der Waals surface area contributed by atoms with Crippen molar-refractivity contribution in [3.8, 4) is 0 Å². The monoisotopic (exact) mass is 414 g/mol. The van der Waals surface area contributed by atoms with Crippen LogP contribution >= 0.6 is 0 Å². The lowest BCUT2D eigenvalue weighted by Crippen LogP contribution is -2.26. The topological polar surface area (TPSA) is 113 Å². The molecule has 2 aromatic rings. The van der Waals surface area contributed by atoms with E-state index in [1.54, 1.807) is 28.2 Å². The van der Waals surface area contributed by atoms with Gasteiger partial charge in [0.15, 0.2) is 0 Å². The third-order valence-corrected chi connectivity index (χ3v) is 5.53. The molecule has 1 aromatic carbocycles. The molecule has 162 valence electrons. The van der Waals surface area contributed by atoms with Crippen LogP contribution in [0.4, 0.5) is 5.69 Å². The van der Waals surface area contributed by atoms with Crippen LogP contribution in [0.5, 0.6) is 0 Å². The van der Waals surface area contributed by atoms with Gasteiger partial charge in [0, 0.05) is 31.5 Å². The van der Waals surface area contributed by atoms with Gasteiger partial charge in [-0.2, -0.15) is 0 Å². The Hall–Kier alpha value is -2.74. The Labute approximate surface area is 175 Å². The molecule has 0 saturated carbocycles. The Bertz CT molecular complexity index is 954. The summed E-state index contributed by atoms with van der Waals surface area (Å²) >= 11 is 0. The van der Waals surface area contributed by atoms with Crippen molar-refractivity contribution in [2.45, 2.75) is 77.2 Å². The maximum atomic E-state index is 13.0. The second-order valence-corrected chi connectivity index (χ2v) is 7.88. The Morgan fingerprint density at radius 1 is 1.00 bits per heavy atom. The number of nitrogens with one attached hydrogen (secondary N) is 2. The second kappa shape index (κ2) is 10.9. The lowest BCUT2D eigenvalue weighted by atomic mass is 10.1. The van der Waals surface area contributed by atoms with Gasteiger partial charge >= 0.3 is 0 Å². The first kappa shape index (κ1) is 22.0. The average molecular weight is 415 g/mol. The Kier molecular flexibility index (Phi) is 7.96. The number of aromatic nitrogens is 2. The van der Waals surface area contributed by atoms with Crippen LogP contribution in [0, 0.1) is 0 Å². The summed E-state index contributed by atoms with van der Waals surface area (Å²) in [5, 5.41) is 11.8. The highest BCUT2D eigenvalue weighted by Gasteiger charge is 2.14. The minimum atomic E-state index is -0.387. The summed E-state index contributed by atoms with van der Waals surface area (Å²) in [6.07, 6.45) is 8.91. The standard InChI is InChI=1S/C22H30N4O4/c27-20(10-6-1-2-7-11-21(28)25-30)23-16-12-13-18-17(15-16)22(29)26-14-8-4-3-5-9-19(26)24-18/h12-13,15,30H,1-11,14H2,(H,23,27)(H,25,28). The van der Waals surface area contributed by atoms with E-state index < -0.39 is 0 Å². The largest absolute Gasteiger partial charge is 0.326 e. The predicted octanol–water partition coefficient (Wildman–Crippen LogP) is 3.30. The van der Waals surface area contributed by atoms with Gasteiger partial charge in [-0.15, -0.1) is 0 Å². The fourth-order valence-electron chi connectivity index (χ4n) is 3.88. The normalized spacial score (nSPS) is 13.9. The Morgan fingerprint density at radius 3 is 2.50 bits per heavy atom. The van der Waals surface area contributed by atoms with Crippen molar-refractivity contribution >= 4 is 28.4 Å². The molecule has 0 atom stereocenters. The van der Waals surface area contributed by atoms with Crippen molar-refractivity contribution < 1.29 is 14.8 Å². The zero-order valence-corrected chi connectivity index (χ0v) is 17.3. The van der Waals surface area contributed by atoms with E-state index in [9.17, 15) is 14.4 Å². The lowest BCUT2D eigenvalue weighted by Gasteiger charge is -2.16. The number of fused-ring (bicyclic) bond motifs is 2. The molecule has 8 nitrogen and oxygen atoms in total. The number of carbonyl (C=O) groups is 2. The van der Waals surface area contributed by atoms with E-state index in [1.165, 1.54) is 6.42 Å². The first-order chi connectivity index (χ1) is 14.6. The van der Waals surface area contributed by atoms with E-state index in [4.69, 9.17) is 10.2 Å². The number of hydrogen-bond donors (Lipinski definition) is 3. The van der Waals surface area contributed by atoms with E-state index in [-0.39, 0.29) is 23.8 Å². The number of rotatable bonds is 8. The molecule has 3 rings (SSSR count). The van der Waals surface area contributed by atoms with Crippen LogP contribution in [0.2, 0.25) is 0 Å². The molecule has 0 unspecified atom stereocenters. The molecule has 0 aliphatic carbocycles. The number of hydroxylamine groups is 1. The van der Waals surface area contributed by atoms with E-state index in [1.807, 2.05) is 0 Å². The Morgan fingerprint density at radius 2 is 1.73 bits per heavy atom. The van der Waals surface area contributed by atoms with Gasteiger partial charge in [0.25, 0.3) is 5.56 Å². The van der Waals surface area contributed by atoms with E-state index in [2.05, 4.69) is 5.32 Å². The molecule has 2 heterocycles. The number of carbonyl (C=O) groups excluding carboxylic acids is 2.